The van der Waals surface area contributed by atoms with E-state index in [0.717, 1.165) is 43.6 Å². The molecule has 1 N–H and O–H groups in total. The number of benzene rings is 2. The molecule has 0 radical (unpaired) electrons. The Morgan fingerprint density at radius 1 is 0.935 bits per heavy atom. The lowest BCUT2D eigenvalue weighted by atomic mass is 10.0. The summed E-state index contributed by atoms with van der Waals surface area (Å²) in [6.07, 6.45) is 1.81. The van der Waals surface area contributed by atoms with Crippen LogP contribution in [0.2, 0.25) is 0 Å². The van der Waals surface area contributed by atoms with Crippen molar-refractivity contribution in [2.75, 3.05) is 13.1 Å². The number of nitrogens with zero attached hydrogens (tertiary/aromatic N) is 3. The van der Waals surface area contributed by atoms with Gasteiger partial charge in [0, 0.05) is 31.7 Å². The number of likely N-dealkylation sites (tertiary alicyclic amines) is 1. The summed E-state index contributed by atoms with van der Waals surface area (Å²) in [5.74, 6) is -0.223. The zero-order chi connectivity index (χ0) is 21.6. The molecule has 0 atom stereocenters. The standard InChI is InChI=1S/C25H28N4O2/c1-19-7-9-21(10-8-19)18-29-24(30)12-11-23(27-29)25(31)26-22-13-15-28(16-14-22)17-20-5-3-2-4-6-20/h2-12,22H,13-18H2,1H3,(H,26,31). The van der Waals surface area contributed by atoms with Crippen LogP contribution in [-0.4, -0.2) is 39.7 Å². The smallest absolute Gasteiger partial charge is 0.271 e. The first-order chi connectivity index (χ1) is 15.1. The molecule has 0 spiro atoms. The van der Waals surface area contributed by atoms with Crippen LogP contribution in [0, 0.1) is 6.92 Å². The largest absolute Gasteiger partial charge is 0.348 e. The molecule has 31 heavy (non-hydrogen) atoms. The van der Waals surface area contributed by atoms with Gasteiger partial charge >= 0.3 is 0 Å². The van der Waals surface area contributed by atoms with Crippen molar-refractivity contribution in [3.63, 3.8) is 0 Å². The zero-order valence-electron chi connectivity index (χ0n) is 17.8. The van der Waals surface area contributed by atoms with Crippen molar-refractivity contribution >= 4 is 5.91 Å². The van der Waals surface area contributed by atoms with Crippen molar-refractivity contribution in [2.24, 2.45) is 0 Å². The van der Waals surface area contributed by atoms with Gasteiger partial charge in [-0.15, -0.1) is 0 Å². The van der Waals surface area contributed by atoms with Gasteiger partial charge in [0.15, 0.2) is 0 Å². The van der Waals surface area contributed by atoms with E-state index in [2.05, 4.69) is 39.6 Å². The second kappa shape index (κ2) is 9.71. The molecule has 6 nitrogen and oxygen atoms in total. The van der Waals surface area contributed by atoms with Crippen LogP contribution < -0.4 is 10.9 Å². The number of amides is 1. The van der Waals surface area contributed by atoms with Crippen molar-refractivity contribution in [1.82, 2.24) is 20.0 Å². The highest BCUT2D eigenvalue weighted by atomic mass is 16.2. The first-order valence-electron chi connectivity index (χ1n) is 10.8. The Morgan fingerprint density at radius 2 is 1.61 bits per heavy atom. The Hall–Kier alpha value is -3.25. The van der Waals surface area contributed by atoms with Crippen molar-refractivity contribution in [1.29, 1.82) is 0 Å². The van der Waals surface area contributed by atoms with Gasteiger partial charge in [-0.3, -0.25) is 14.5 Å². The average molecular weight is 417 g/mol. The van der Waals surface area contributed by atoms with Crippen LogP contribution in [0.4, 0.5) is 0 Å². The number of nitrogens with one attached hydrogen (secondary N) is 1. The summed E-state index contributed by atoms with van der Waals surface area (Å²) in [6, 6.07) is 21.4. The normalized spacial score (nSPS) is 15.0. The molecule has 0 unspecified atom stereocenters. The van der Waals surface area contributed by atoms with Gasteiger partial charge in [-0.2, -0.15) is 5.10 Å². The van der Waals surface area contributed by atoms with Gasteiger partial charge in [0.25, 0.3) is 11.5 Å². The van der Waals surface area contributed by atoms with E-state index in [0.29, 0.717) is 6.54 Å². The first kappa shape index (κ1) is 21.0. The van der Waals surface area contributed by atoms with Crippen LogP contribution in [0.1, 0.15) is 40.0 Å². The average Bonchev–Trinajstić information content (AvgIpc) is 2.79. The molecule has 1 aromatic heterocycles. The van der Waals surface area contributed by atoms with Crippen molar-refractivity contribution in [3.8, 4) is 0 Å². The van der Waals surface area contributed by atoms with Crippen LogP contribution >= 0.6 is 0 Å². The molecule has 1 saturated heterocycles. The maximum atomic E-state index is 12.7. The Morgan fingerprint density at radius 3 is 2.32 bits per heavy atom. The minimum atomic E-state index is -0.223. The van der Waals surface area contributed by atoms with Crippen LogP contribution in [0.5, 0.6) is 0 Å². The zero-order valence-corrected chi connectivity index (χ0v) is 17.8. The van der Waals surface area contributed by atoms with Crippen molar-refractivity contribution in [3.05, 3.63) is 99.5 Å². The molecule has 2 heterocycles. The Labute approximate surface area is 182 Å². The van der Waals surface area contributed by atoms with Gasteiger partial charge in [0.2, 0.25) is 0 Å². The highest BCUT2D eigenvalue weighted by molar-refractivity contribution is 5.92. The fourth-order valence-corrected chi connectivity index (χ4v) is 3.89. The molecular weight excluding hydrogens is 388 g/mol. The topological polar surface area (TPSA) is 67.2 Å². The van der Waals surface area contributed by atoms with Gasteiger partial charge in [-0.05, 0) is 37.0 Å². The minimum Gasteiger partial charge on any atom is -0.348 e. The van der Waals surface area contributed by atoms with Gasteiger partial charge in [-0.25, -0.2) is 4.68 Å². The van der Waals surface area contributed by atoms with Gasteiger partial charge < -0.3 is 5.32 Å². The van der Waals surface area contributed by atoms with Crippen molar-refractivity contribution in [2.45, 2.75) is 38.9 Å². The van der Waals surface area contributed by atoms with Gasteiger partial charge in [-0.1, -0.05) is 60.2 Å². The number of aromatic nitrogens is 2. The number of aryl methyl sites for hydroxylation is 1. The predicted molar refractivity (Wildman–Crippen MR) is 121 cm³/mol. The second-order valence-corrected chi connectivity index (χ2v) is 8.21. The fourth-order valence-electron chi connectivity index (χ4n) is 3.89. The number of hydrogen-bond donors (Lipinski definition) is 1. The van der Waals surface area contributed by atoms with E-state index in [1.54, 1.807) is 0 Å². The van der Waals surface area contributed by atoms with E-state index in [1.165, 1.54) is 22.4 Å². The maximum absolute atomic E-state index is 12.7. The Balaban J connectivity index is 1.33. The summed E-state index contributed by atoms with van der Waals surface area (Å²) < 4.78 is 1.35. The van der Waals surface area contributed by atoms with Crippen LogP contribution in [0.25, 0.3) is 0 Å². The van der Waals surface area contributed by atoms with Crippen molar-refractivity contribution < 1.29 is 4.79 Å². The first-order valence-corrected chi connectivity index (χ1v) is 10.8. The monoisotopic (exact) mass is 416 g/mol. The highest BCUT2D eigenvalue weighted by Gasteiger charge is 2.22. The lowest BCUT2D eigenvalue weighted by molar-refractivity contribution is 0.0901. The molecule has 0 bridgehead atoms. The molecule has 1 aliphatic heterocycles. The molecule has 3 aromatic rings. The predicted octanol–water partition coefficient (Wildman–Crippen LogP) is 2.99. The Kier molecular flexibility index (Phi) is 6.57. The summed E-state index contributed by atoms with van der Waals surface area (Å²) >= 11 is 0. The third-order valence-electron chi connectivity index (χ3n) is 5.72. The minimum absolute atomic E-state index is 0.124. The molecule has 0 saturated carbocycles. The van der Waals surface area contributed by atoms with E-state index in [1.807, 2.05) is 37.3 Å². The summed E-state index contributed by atoms with van der Waals surface area (Å²) in [5, 5.41) is 7.40. The SMILES string of the molecule is Cc1ccc(Cn2nc(C(=O)NC3CCN(Cc4ccccc4)CC3)ccc2=O)cc1. The quantitative estimate of drug-likeness (QED) is 0.671. The molecule has 4 rings (SSSR count). The van der Waals surface area contributed by atoms with E-state index in [-0.39, 0.29) is 23.2 Å². The highest BCUT2D eigenvalue weighted by Crippen LogP contribution is 2.14. The molecule has 0 aliphatic carbocycles. The van der Waals surface area contributed by atoms with E-state index < -0.39 is 0 Å². The molecule has 1 aliphatic rings. The number of piperidine rings is 1. The van der Waals surface area contributed by atoms with E-state index >= 15 is 0 Å². The summed E-state index contributed by atoms with van der Waals surface area (Å²) in [7, 11) is 0. The maximum Gasteiger partial charge on any atom is 0.271 e. The molecule has 2 aromatic carbocycles. The van der Waals surface area contributed by atoms with Gasteiger partial charge in [0.1, 0.15) is 5.69 Å². The van der Waals surface area contributed by atoms with Crippen LogP contribution in [0.15, 0.2) is 71.5 Å². The summed E-state index contributed by atoms with van der Waals surface area (Å²) in [4.78, 5) is 27.4. The number of rotatable bonds is 6. The fraction of sp³-hybridized carbons (Fsp3) is 0.320. The van der Waals surface area contributed by atoms with Crippen LogP contribution in [-0.2, 0) is 13.1 Å². The summed E-state index contributed by atoms with van der Waals surface area (Å²) in [6.45, 7) is 5.19. The van der Waals surface area contributed by atoms with Crippen LogP contribution in [0.3, 0.4) is 0 Å². The molecule has 1 amide bonds. The number of carbonyl (C=O) groups excluding carboxylic acids is 1. The summed E-state index contributed by atoms with van der Waals surface area (Å²) in [5.41, 5.74) is 3.50. The van der Waals surface area contributed by atoms with E-state index in [9.17, 15) is 9.59 Å². The third kappa shape index (κ3) is 5.67. The Bertz CT molecular complexity index is 1070. The molecular formula is C25H28N4O2. The number of carbonyl (C=O) groups is 1. The van der Waals surface area contributed by atoms with E-state index in [4.69, 9.17) is 0 Å². The third-order valence-corrected chi connectivity index (χ3v) is 5.72. The lowest BCUT2D eigenvalue weighted by Crippen LogP contribution is -2.44. The molecule has 6 heteroatoms. The lowest BCUT2D eigenvalue weighted by Gasteiger charge is -2.32. The molecule has 1 fully saturated rings. The van der Waals surface area contributed by atoms with Gasteiger partial charge in [0.05, 0.1) is 6.54 Å². The molecule has 160 valence electrons. The second-order valence-electron chi connectivity index (χ2n) is 8.21. The number of hydrogen-bond acceptors (Lipinski definition) is 4.